The Morgan fingerprint density at radius 1 is 1.33 bits per heavy atom. The third kappa shape index (κ3) is 1.63. The fourth-order valence-electron chi connectivity index (χ4n) is 3.71. The molecule has 2 fully saturated rings. The van der Waals surface area contributed by atoms with Crippen LogP contribution in [0.4, 0.5) is 13.2 Å². The minimum absolute atomic E-state index is 0.0598. The molecule has 2 aliphatic carbocycles. The summed E-state index contributed by atoms with van der Waals surface area (Å²) in [6.07, 6.45) is -3.05. The normalized spacial score (nSPS) is 38.1. The van der Waals surface area contributed by atoms with Gasteiger partial charge in [0.15, 0.2) is 14.6 Å². The van der Waals surface area contributed by atoms with Crippen LogP contribution in [0.1, 0.15) is 46.0 Å². The van der Waals surface area contributed by atoms with Crippen LogP contribution in [0.3, 0.4) is 0 Å². The van der Waals surface area contributed by atoms with E-state index in [1.807, 2.05) is 0 Å². The second kappa shape index (κ2) is 4.12. The highest BCUT2D eigenvalue weighted by atomic mass is 32.2. The van der Waals surface area contributed by atoms with Crippen molar-refractivity contribution in [2.45, 2.75) is 62.1 Å². The van der Waals surface area contributed by atoms with E-state index in [1.54, 1.807) is 6.92 Å². The van der Waals surface area contributed by atoms with Gasteiger partial charge in [-0.1, -0.05) is 13.3 Å². The lowest BCUT2D eigenvalue weighted by atomic mass is 9.87. The van der Waals surface area contributed by atoms with Crippen LogP contribution in [0, 0.1) is 11.8 Å². The van der Waals surface area contributed by atoms with Crippen LogP contribution >= 0.6 is 0 Å². The third-order valence-electron chi connectivity index (χ3n) is 4.88. The highest BCUT2D eigenvalue weighted by molar-refractivity contribution is 7.93. The summed E-state index contributed by atoms with van der Waals surface area (Å²) in [7, 11) is -4.16. The molecule has 0 aliphatic heterocycles. The first-order valence-electron chi connectivity index (χ1n) is 6.47. The van der Waals surface area contributed by atoms with Crippen molar-refractivity contribution in [3.05, 3.63) is 0 Å². The molecule has 6 heteroatoms. The van der Waals surface area contributed by atoms with Crippen molar-refractivity contribution in [3.8, 4) is 0 Å². The van der Waals surface area contributed by atoms with Gasteiger partial charge >= 0.3 is 6.18 Å². The molecule has 0 amide bonds. The number of fused-ring (bicyclic) bond motifs is 2. The molecule has 0 spiro atoms. The Balaban J connectivity index is 2.52. The van der Waals surface area contributed by atoms with Crippen LogP contribution in [0.2, 0.25) is 0 Å². The molecule has 0 heterocycles. The Kier molecular flexibility index (Phi) is 3.24. The Labute approximate surface area is 106 Å². The van der Waals surface area contributed by atoms with Crippen LogP contribution < -0.4 is 0 Å². The molecule has 0 aromatic heterocycles. The lowest BCUT2D eigenvalue weighted by molar-refractivity contribution is -0.173. The number of hydrogen-bond acceptors (Lipinski definition) is 2. The SMILES string of the molecule is CCC(C)S(=O)(=O)C1(C(F)(F)F)CC2CCC1C2. The lowest BCUT2D eigenvalue weighted by Gasteiger charge is -2.40. The van der Waals surface area contributed by atoms with Crippen molar-refractivity contribution in [1.82, 2.24) is 0 Å². The molecule has 106 valence electrons. The number of halogens is 3. The third-order valence-corrected chi connectivity index (χ3v) is 8.02. The van der Waals surface area contributed by atoms with Crippen LogP contribution in [-0.4, -0.2) is 24.6 Å². The molecule has 2 nitrogen and oxygen atoms in total. The van der Waals surface area contributed by atoms with Crippen LogP contribution in [0.25, 0.3) is 0 Å². The monoisotopic (exact) mass is 284 g/mol. The van der Waals surface area contributed by atoms with E-state index in [-0.39, 0.29) is 18.8 Å². The lowest BCUT2D eigenvalue weighted by Crippen LogP contribution is -2.57. The van der Waals surface area contributed by atoms with Crippen molar-refractivity contribution in [3.63, 3.8) is 0 Å². The van der Waals surface area contributed by atoms with Gasteiger partial charge in [0.2, 0.25) is 0 Å². The number of hydrogen-bond donors (Lipinski definition) is 0. The first-order chi connectivity index (χ1) is 8.16. The van der Waals surface area contributed by atoms with Crippen LogP contribution in [0.5, 0.6) is 0 Å². The van der Waals surface area contributed by atoms with Crippen molar-refractivity contribution in [1.29, 1.82) is 0 Å². The van der Waals surface area contributed by atoms with Gasteiger partial charge < -0.3 is 0 Å². The summed E-state index contributed by atoms with van der Waals surface area (Å²) in [5.41, 5.74) is 0. The predicted molar refractivity (Wildman–Crippen MR) is 62.9 cm³/mol. The summed E-state index contributed by atoms with van der Waals surface area (Å²) < 4.78 is 62.8. The molecule has 4 atom stereocenters. The average Bonchev–Trinajstić information content (AvgIpc) is 2.86. The molecule has 0 radical (unpaired) electrons. The van der Waals surface area contributed by atoms with Crippen LogP contribution in [0.15, 0.2) is 0 Å². The zero-order valence-electron chi connectivity index (χ0n) is 10.6. The zero-order chi connectivity index (χ0) is 13.8. The molecule has 2 aliphatic rings. The van der Waals surface area contributed by atoms with Gasteiger partial charge in [-0.15, -0.1) is 0 Å². The van der Waals surface area contributed by atoms with Crippen molar-refractivity contribution in [2.75, 3.05) is 0 Å². The first kappa shape index (κ1) is 14.2. The smallest absolute Gasteiger partial charge is 0.228 e. The summed E-state index contributed by atoms with van der Waals surface area (Å²) in [6, 6.07) is 0. The molecule has 0 aromatic carbocycles. The fourth-order valence-corrected chi connectivity index (χ4v) is 6.34. The van der Waals surface area contributed by atoms with E-state index in [0.29, 0.717) is 12.8 Å². The molecule has 2 rings (SSSR count). The van der Waals surface area contributed by atoms with Gasteiger partial charge in [-0.25, -0.2) is 8.42 Å². The summed E-state index contributed by atoms with van der Waals surface area (Å²) in [5, 5.41) is -0.918. The standard InChI is InChI=1S/C12H19F3O2S/c1-3-8(2)18(16,17)11(12(13,14)15)7-9-4-5-10(11)6-9/h8-10H,3-7H2,1-2H3. The quantitative estimate of drug-likeness (QED) is 0.796. The van der Waals surface area contributed by atoms with Crippen molar-refractivity contribution in [2.24, 2.45) is 11.8 Å². The van der Waals surface area contributed by atoms with Gasteiger partial charge in [0.05, 0.1) is 5.25 Å². The second-order valence-electron chi connectivity index (χ2n) is 5.73. The maximum absolute atomic E-state index is 13.5. The van der Waals surface area contributed by atoms with E-state index < -0.39 is 31.9 Å². The molecule has 18 heavy (non-hydrogen) atoms. The predicted octanol–water partition coefficient (Wildman–Crippen LogP) is 3.32. The van der Waals surface area contributed by atoms with E-state index in [1.165, 1.54) is 6.92 Å². The maximum Gasteiger partial charge on any atom is 0.408 e. The Bertz CT molecular complexity index is 429. The van der Waals surface area contributed by atoms with E-state index >= 15 is 0 Å². The topological polar surface area (TPSA) is 34.1 Å². The van der Waals surface area contributed by atoms with Gasteiger partial charge in [0.1, 0.15) is 0 Å². The Hall–Kier alpha value is -0.260. The Morgan fingerprint density at radius 3 is 2.28 bits per heavy atom. The molecular weight excluding hydrogens is 265 g/mol. The number of rotatable bonds is 3. The second-order valence-corrected chi connectivity index (χ2v) is 8.35. The molecule has 0 aromatic rings. The summed E-state index contributed by atoms with van der Waals surface area (Å²) >= 11 is 0. The van der Waals surface area contributed by atoms with Crippen molar-refractivity contribution < 1.29 is 21.6 Å². The summed E-state index contributed by atoms with van der Waals surface area (Å²) in [6.45, 7) is 3.02. The minimum Gasteiger partial charge on any atom is -0.228 e. The van der Waals surface area contributed by atoms with Gasteiger partial charge in [-0.05, 0) is 44.4 Å². The Morgan fingerprint density at radius 2 is 1.94 bits per heavy atom. The van der Waals surface area contributed by atoms with Gasteiger partial charge in [0, 0.05) is 0 Å². The number of alkyl halides is 3. The van der Waals surface area contributed by atoms with E-state index in [4.69, 9.17) is 0 Å². The summed E-state index contributed by atoms with van der Waals surface area (Å²) in [4.78, 5) is 0. The zero-order valence-corrected chi connectivity index (χ0v) is 11.4. The van der Waals surface area contributed by atoms with Crippen LogP contribution in [-0.2, 0) is 9.84 Å². The maximum atomic E-state index is 13.5. The highest BCUT2D eigenvalue weighted by Gasteiger charge is 2.72. The van der Waals surface area contributed by atoms with Gasteiger partial charge in [0.25, 0.3) is 0 Å². The number of sulfone groups is 1. The molecule has 4 unspecified atom stereocenters. The van der Waals surface area contributed by atoms with Gasteiger partial charge in [-0.3, -0.25) is 0 Å². The average molecular weight is 284 g/mol. The largest absolute Gasteiger partial charge is 0.408 e. The molecule has 2 saturated carbocycles. The summed E-state index contributed by atoms with van der Waals surface area (Å²) in [5.74, 6) is -0.781. The molecule has 0 N–H and O–H groups in total. The first-order valence-corrected chi connectivity index (χ1v) is 8.01. The van der Waals surface area contributed by atoms with E-state index in [0.717, 1.165) is 6.42 Å². The highest BCUT2D eigenvalue weighted by Crippen LogP contribution is 2.61. The van der Waals surface area contributed by atoms with Gasteiger partial charge in [-0.2, -0.15) is 13.2 Å². The minimum atomic E-state index is -4.64. The molecule has 0 saturated heterocycles. The van der Waals surface area contributed by atoms with Crippen molar-refractivity contribution >= 4 is 9.84 Å². The van der Waals surface area contributed by atoms with E-state index in [2.05, 4.69) is 0 Å². The van der Waals surface area contributed by atoms with E-state index in [9.17, 15) is 21.6 Å². The molecular formula is C12H19F3O2S. The fraction of sp³-hybridized carbons (Fsp3) is 1.00. The molecule has 2 bridgehead atoms.